The van der Waals surface area contributed by atoms with Crippen LogP contribution >= 0.6 is 0 Å². The standard InChI is InChI=1S/C24H17F8N5/c25-14-3-4-15(18(26)12-14)16-10-13(23(27,28)29)11-19-20(16)35-22(34-19)37-8-6-36(7-9-37)21-17(24(30,31)32)2-1-5-33-21/h1-5,10-12H,6-9H2,(H,34,35). The number of anilines is 2. The second-order valence-corrected chi connectivity index (χ2v) is 8.45. The van der Waals surface area contributed by atoms with E-state index in [9.17, 15) is 35.1 Å². The number of fused-ring (bicyclic) bond motifs is 1. The Morgan fingerprint density at radius 1 is 0.784 bits per heavy atom. The monoisotopic (exact) mass is 527 g/mol. The number of hydrogen-bond acceptors (Lipinski definition) is 4. The minimum atomic E-state index is -4.75. The van der Waals surface area contributed by atoms with Crippen molar-refractivity contribution in [3.05, 3.63) is 71.4 Å². The number of nitrogens with zero attached hydrogens (tertiary/aromatic N) is 4. The first kappa shape index (κ1) is 24.8. The molecule has 3 heterocycles. The number of imidazole rings is 1. The molecule has 194 valence electrons. The van der Waals surface area contributed by atoms with E-state index in [1.807, 2.05) is 0 Å². The van der Waals surface area contributed by atoms with Crippen molar-refractivity contribution < 1.29 is 35.1 Å². The van der Waals surface area contributed by atoms with Crippen LogP contribution in [-0.4, -0.2) is 41.1 Å². The van der Waals surface area contributed by atoms with Crippen molar-refractivity contribution in [1.29, 1.82) is 0 Å². The van der Waals surface area contributed by atoms with Crippen LogP contribution in [0.15, 0.2) is 48.7 Å². The minimum absolute atomic E-state index is 0.0879. The van der Waals surface area contributed by atoms with Crippen LogP contribution < -0.4 is 9.80 Å². The maximum Gasteiger partial charge on any atom is 0.419 e. The molecule has 0 amide bonds. The molecule has 1 aliphatic rings. The van der Waals surface area contributed by atoms with Crippen molar-refractivity contribution in [2.24, 2.45) is 0 Å². The Labute approximate surface area is 204 Å². The lowest BCUT2D eigenvalue weighted by Crippen LogP contribution is -2.47. The summed E-state index contributed by atoms with van der Waals surface area (Å²) in [5, 5.41) is 0. The van der Waals surface area contributed by atoms with Crippen LogP contribution in [-0.2, 0) is 12.4 Å². The Balaban J connectivity index is 1.48. The van der Waals surface area contributed by atoms with E-state index in [2.05, 4.69) is 15.0 Å². The van der Waals surface area contributed by atoms with Crippen molar-refractivity contribution in [1.82, 2.24) is 15.0 Å². The van der Waals surface area contributed by atoms with Crippen LogP contribution in [0.3, 0.4) is 0 Å². The molecule has 2 aromatic carbocycles. The van der Waals surface area contributed by atoms with E-state index in [0.29, 0.717) is 6.07 Å². The third-order valence-electron chi connectivity index (χ3n) is 6.10. The van der Waals surface area contributed by atoms with Gasteiger partial charge in [-0.05, 0) is 36.4 Å². The molecule has 5 rings (SSSR count). The summed E-state index contributed by atoms with van der Waals surface area (Å²) in [6.07, 6.45) is -8.06. The summed E-state index contributed by atoms with van der Waals surface area (Å²) in [6.45, 7) is 0.675. The number of halogens is 8. The number of piperazine rings is 1. The molecule has 5 nitrogen and oxygen atoms in total. The largest absolute Gasteiger partial charge is 0.419 e. The molecule has 0 radical (unpaired) electrons. The van der Waals surface area contributed by atoms with Crippen molar-refractivity contribution in [3.63, 3.8) is 0 Å². The van der Waals surface area contributed by atoms with Gasteiger partial charge in [0.25, 0.3) is 0 Å². The Morgan fingerprint density at radius 3 is 2.14 bits per heavy atom. The van der Waals surface area contributed by atoms with Gasteiger partial charge in [-0.25, -0.2) is 18.7 Å². The summed E-state index contributed by atoms with van der Waals surface area (Å²) in [7, 11) is 0. The van der Waals surface area contributed by atoms with Gasteiger partial charge in [0.2, 0.25) is 5.95 Å². The zero-order valence-electron chi connectivity index (χ0n) is 18.8. The number of alkyl halides is 6. The Hall–Kier alpha value is -3.90. The van der Waals surface area contributed by atoms with Gasteiger partial charge in [-0.1, -0.05) is 0 Å². The highest BCUT2D eigenvalue weighted by molar-refractivity contribution is 5.94. The summed E-state index contributed by atoms with van der Waals surface area (Å²) in [5.41, 5.74) is -2.29. The van der Waals surface area contributed by atoms with Gasteiger partial charge in [0.1, 0.15) is 17.5 Å². The van der Waals surface area contributed by atoms with Gasteiger partial charge in [-0.15, -0.1) is 0 Å². The van der Waals surface area contributed by atoms with Crippen LogP contribution in [0.5, 0.6) is 0 Å². The molecule has 0 spiro atoms. The van der Waals surface area contributed by atoms with Crippen LogP contribution in [0, 0.1) is 11.6 Å². The summed E-state index contributed by atoms with van der Waals surface area (Å²) in [5.74, 6) is -1.95. The lowest BCUT2D eigenvalue weighted by molar-refractivity contribution is -0.138. The third-order valence-corrected chi connectivity index (χ3v) is 6.10. The number of hydrogen-bond donors (Lipinski definition) is 1. The molecule has 0 aliphatic carbocycles. The van der Waals surface area contributed by atoms with Gasteiger partial charge < -0.3 is 14.8 Å². The van der Waals surface area contributed by atoms with Gasteiger partial charge in [-0.3, -0.25) is 0 Å². The van der Waals surface area contributed by atoms with E-state index < -0.39 is 35.1 Å². The number of nitrogens with one attached hydrogen (secondary N) is 1. The normalized spacial score (nSPS) is 15.0. The van der Waals surface area contributed by atoms with Crippen LogP contribution in [0.1, 0.15) is 11.1 Å². The first-order valence-electron chi connectivity index (χ1n) is 11.0. The van der Waals surface area contributed by atoms with E-state index in [1.165, 1.54) is 17.2 Å². The molecule has 1 fully saturated rings. The summed E-state index contributed by atoms with van der Waals surface area (Å²) in [4.78, 5) is 14.2. The maximum atomic E-state index is 14.5. The summed E-state index contributed by atoms with van der Waals surface area (Å²) < 4.78 is 109. The number of pyridine rings is 1. The topological polar surface area (TPSA) is 48.1 Å². The number of H-pyrrole nitrogens is 1. The lowest BCUT2D eigenvalue weighted by atomic mass is 10.0. The van der Waals surface area contributed by atoms with Gasteiger partial charge in [-0.2, -0.15) is 26.3 Å². The molecule has 1 N–H and O–H groups in total. The smallest absolute Gasteiger partial charge is 0.353 e. The summed E-state index contributed by atoms with van der Waals surface area (Å²) >= 11 is 0. The van der Waals surface area contributed by atoms with E-state index in [-0.39, 0.29) is 60.1 Å². The molecule has 2 aromatic heterocycles. The van der Waals surface area contributed by atoms with E-state index in [0.717, 1.165) is 30.3 Å². The van der Waals surface area contributed by atoms with Crippen LogP contribution in [0.2, 0.25) is 0 Å². The third kappa shape index (κ3) is 4.77. The predicted octanol–water partition coefficient (Wildman–Crippen LogP) is 6.27. The van der Waals surface area contributed by atoms with Crippen molar-refractivity contribution in [3.8, 4) is 11.1 Å². The fourth-order valence-corrected chi connectivity index (χ4v) is 4.33. The highest BCUT2D eigenvalue weighted by Gasteiger charge is 2.37. The number of aromatic amines is 1. The molecular formula is C24H17F8N5. The molecule has 37 heavy (non-hydrogen) atoms. The second-order valence-electron chi connectivity index (χ2n) is 8.45. The fraction of sp³-hybridized carbons (Fsp3) is 0.250. The number of benzene rings is 2. The number of aromatic nitrogens is 3. The van der Waals surface area contributed by atoms with Gasteiger partial charge >= 0.3 is 12.4 Å². The average molecular weight is 527 g/mol. The molecule has 0 unspecified atom stereocenters. The lowest BCUT2D eigenvalue weighted by Gasteiger charge is -2.36. The Kier molecular flexibility index (Phi) is 5.95. The molecule has 1 saturated heterocycles. The molecule has 0 atom stereocenters. The van der Waals surface area contributed by atoms with Gasteiger partial charge in [0.15, 0.2) is 0 Å². The Morgan fingerprint density at radius 2 is 1.49 bits per heavy atom. The predicted molar refractivity (Wildman–Crippen MR) is 120 cm³/mol. The fourth-order valence-electron chi connectivity index (χ4n) is 4.33. The van der Waals surface area contributed by atoms with E-state index in [1.54, 1.807) is 4.90 Å². The van der Waals surface area contributed by atoms with Gasteiger partial charge in [0, 0.05) is 49.6 Å². The zero-order valence-corrected chi connectivity index (χ0v) is 18.8. The maximum absolute atomic E-state index is 14.5. The SMILES string of the molecule is Fc1ccc(-c2cc(C(F)(F)F)cc3nc(N4CCN(c5ncccc5C(F)(F)F)CC4)[nH]c23)c(F)c1. The van der Waals surface area contributed by atoms with Crippen molar-refractivity contribution in [2.75, 3.05) is 36.0 Å². The molecule has 0 saturated carbocycles. The van der Waals surface area contributed by atoms with Crippen LogP contribution in [0.4, 0.5) is 46.9 Å². The molecular weight excluding hydrogens is 510 g/mol. The minimum Gasteiger partial charge on any atom is -0.353 e. The first-order valence-corrected chi connectivity index (χ1v) is 11.0. The highest BCUT2D eigenvalue weighted by atomic mass is 19.4. The van der Waals surface area contributed by atoms with E-state index >= 15 is 0 Å². The van der Waals surface area contributed by atoms with Crippen LogP contribution in [0.25, 0.3) is 22.2 Å². The molecule has 4 aromatic rings. The molecule has 13 heteroatoms. The molecule has 0 bridgehead atoms. The van der Waals surface area contributed by atoms with Gasteiger partial charge in [0.05, 0.1) is 22.2 Å². The van der Waals surface area contributed by atoms with E-state index in [4.69, 9.17) is 0 Å². The average Bonchev–Trinajstić information content (AvgIpc) is 3.27. The molecule has 1 aliphatic heterocycles. The quantitative estimate of drug-likeness (QED) is 0.319. The van der Waals surface area contributed by atoms with Crippen molar-refractivity contribution >= 4 is 22.8 Å². The first-order chi connectivity index (χ1) is 17.4. The number of rotatable bonds is 3. The van der Waals surface area contributed by atoms with Crippen molar-refractivity contribution in [2.45, 2.75) is 12.4 Å². The Bertz CT molecular complexity index is 1450. The second kappa shape index (κ2) is 8.89. The zero-order chi connectivity index (χ0) is 26.5. The summed E-state index contributed by atoms with van der Waals surface area (Å²) in [6, 6.07) is 6.29. The highest BCUT2D eigenvalue weighted by Crippen LogP contribution is 2.39.